The molecule has 0 nitrogen and oxygen atoms in total. The second kappa shape index (κ2) is 6.26. The summed E-state index contributed by atoms with van der Waals surface area (Å²) in [6.07, 6.45) is 11.2. The summed E-state index contributed by atoms with van der Waals surface area (Å²) in [6.45, 7) is 2.11. The fourth-order valence-corrected chi connectivity index (χ4v) is 3.00. The van der Waals surface area contributed by atoms with E-state index in [1.165, 1.54) is 37.7 Å². The van der Waals surface area contributed by atoms with Crippen molar-refractivity contribution in [1.82, 2.24) is 0 Å². The Morgan fingerprint density at radius 3 is 2.71 bits per heavy atom. The number of halogens is 1. The Morgan fingerprint density at radius 1 is 1.24 bits per heavy atom. The lowest BCUT2D eigenvalue weighted by Gasteiger charge is -2.29. The van der Waals surface area contributed by atoms with Gasteiger partial charge >= 0.3 is 0 Å². The molecular weight excluding hydrogens is 228 g/mol. The minimum Gasteiger partial charge on any atom is -0.0917 e. The lowest BCUT2D eigenvalue weighted by molar-refractivity contribution is 0.324. The second-order valence-corrected chi connectivity index (χ2v) is 5.52. The Labute approximate surface area is 110 Å². The molecule has 0 amide bonds. The highest BCUT2D eigenvalue weighted by Gasteiger charge is 2.22. The molecule has 1 saturated carbocycles. The normalized spacial score (nSPS) is 25.3. The molecule has 17 heavy (non-hydrogen) atoms. The highest BCUT2D eigenvalue weighted by molar-refractivity contribution is 6.30. The van der Waals surface area contributed by atoms with E-state index in [2.05, 4.69) is 31.2 Å². The Balaban J connectivity index is 1.99. The molecule has 1 aliphatic rings. The summed E-state index contributed by atoms with van der Waals surface area (Å²) in [5, 5.41) is 0.843. The minimum atomic E-state index is 0.747. The summed E-state index contributed by atoms with van der Waals surface area (Å²) < 4.78 is 0. The quantitative estimate of drug-likeness (QED) is 0.613. The Hall–Kier alpha value is -0.750. The van der Waals surface area contributed by atoms with Gasteiger partial charge in [0.15, 0.2) is 0 Å². The lowest BCUT2D eigenvalue weighted by Crippen LogP contribution is -2.13. The van der Waals surface area contributed by atoms with Gasteiger partial charge < -0.3 is 0 Å². The van der Waals surface area contributed by atoms with E-state index in [9.17, 15) is 0 Å². The van der Waals surface area contributed by atoms with E-state index in [1.54, 1.807) is 0 Å². The van der Waals surface area contributed by atoms with Crippen LogP contribution in [-0.2, 0) is 0 Å². The molecule has 2 rings (SSSR count). The third kappa shape index (κ3) is 3.61. The zero-order chi connectivity index (χ0) is 12.1. The summed E-state index contributed by atoms with van der Waals surface area (Å²) in [4.78, 5) is 0. The minimum absolute atomic E-state index is 0.747. The van der Waals surface area contributed by atoms with Gasteiger partial charge in [0.1, 0.15) is 0 Å². The van der Waals surface area contributed by atoms with Crippen LogP contribution in [0.4, 0.5) is 0 Å². The molecule has 0 aliphatic heterocycles. The first-order chi connectivity index (χ1) is 8.29. The first-order valence-electron chi connectivity index (χ1n) is 6.66. The van der Waals surface area contributed by atoms with Crippen LogP contribution < -0.4 is 0 Å². The van der Waals surface area contributed by atoms with E-state index < -0.39 is 0 Å². The van der Waals surface area contributed by atoms with Gasteiger partial charge in [0.2, 0.25) is 0 Å². The van der Waals surface area contributed by atoms with Gasteiger partial charge in [-0.15, -0.1) is 0 Å². The summed E-state index contributed by atoms with van der Waals surface area (Å²) in [6, 6.07) is 8.44. The molecule has 0 saturated heterocycles. The predicted octanol–water partition coefficient (Wildman–Crippen LogP) is 5.58. The Bertz CT molecular complexity index is 364. The number of benzene rings is 1. The number of hydrogen-bond donors (Lipinski definition) is 0. The van der Waals surface area contributed by atoms with E-state index in [0.717, 1.165) is 16.9 Å². The van der Waals surface area contributed by atoms with Crippen molar-refractivity contribution < 1.29 is 0 Å². The molecule has 0 spiro atoms. The molecule has 2 unspecified atom stereocenters. The molecule has 1 aromatic rings. The van der Waals surface area contributed by atoms with Gasteiger partial charge in [-0.05, 0) is 55.7 Å². The SMILES string of the molecule is CC=CCC1CCCC(c2ccc(Cl)cc2)C1. The highest BCUT2D eigenvalue weighted by Crippen LogP contribution is 2.37. The number of allylic oxidation sites excluding steroid dienone is 2. The van der Waals surface area contributed by atoms with Gasteiger partial charge in [-0.25, -0.2) is 0 Å². The Morgan fingerprint density at radius 2 is 2.00 bits per heavy atom. The van der Waals surface area contributed by atoms with Crippen LogP contribution in [0.25, 0.3) is 0 Å². The van der Waals surface area contributed by atoms with Crippen LogP contribution >= 0.6 is 11.6 Å². The average Bonchev–Trinajstić information content (AvgIpc) is 2.37. The third-order valence-electron chi connectivity index (χ3n) is 3.83. The van der Waals surface area contributed by atoms with Crippen molar-refractivity contribution in [2.24, 2.45) is 5.92 Å². The standard InChI is InChI=1S/C16H21Cl/c1-2-3-5-13-6-4-7-15(12-13)14-8-10-16(17)11-9-14/h2-3,8-11,13,15H,4-7,12H2,1H3. The molecule has 1 aromatic carbocycles. The first kappa shape index (κ1) is 12.7. The molecule has 1 aliphatic carbocycles. The molecule has 0 aromatic heterocycles. The van der Waals surface area contributed by atoms with Crippen LogP contribution in [0.5, 0.6) is 0 Å². The molecule has 0 N–H and O–H groups in total. The van der Waals surface area contributed by atoms with Crippen molar-refractivity contribution in [3.63, 3.8) is 0 Å². The number of rotatable bonds is 3. The fourth-order valence-electron chi connectivity index (χ4n) is 2.87. The molecular formula is C16H21Cl. The molecule has 0 heterocycles. The lowest BCUT2D eigenvalue weighted by atomic mass is 9.77. The van der Waals surface area contributed by atoms with Crippen LogP contribution in [0, 0.1) is 5.92 Å². The average molecular weight is 249 g/mol. The third-order valence-corrected chi connectivity index (χ3v) is 4.08. The van der Waals surface area contributed by atoms with Crippen LogP contribution in [0.2, 0.25) is 5.02 Å². The molecule has 92 valence electrons. The van der Waals surface area contributed by atoms with Crippen LogP contribution in [0.1, 0.15) is 50.5 Å². The number of hydrogen-bond acceptors (Lipinski definition) is 0. The van der Waals surface area contributed by atoms with E-state index >= 15 is 0 Å². The van der Waals surface area contributed by atoms with Gasteiger partial charge in [0.25, 0.3) is 0 Å². The van der Waals surface area contributed by atoms with Crippen molar-refractivity contribution in [3.05, 3.63) is 47.0 Å². The maximum atomic E-state index is 5.94. The molecule has 0 radical (unpaired) electrons. The predicted molar refractivity (Wildman–Crippen MR) is 75.6 cm³/mol. The largest absolute Gasteiger partial charge is 0.0917 e. The van der Waals surface area contributed by atoms with Crippen molar-refractivity contribution in [2.45, 2.75) is 44.9 Å². The van der Waals surface area contributed by atoms with Crippen molar-refractivity contribution in [3.8, 4) is 0 Å². The summed E-state index contributed by atoms with van der Waals surface area (Å²) in [5.74, 6) is 1.62. The molecule has 2 atom stereocenters. The monoisotopic (exact) mass is 248 g/mol. The summed E-state index contributed by atoms with van der Waals surface area (Å²) in [7, 11) is 0. The smallest absolute Gasteiger partial charge is 0.0406 e. The van der Waals surface area contributed by atoms with E-state index in [4.69, 9.17) is 11.6 Å². The van der Waals surface area contributed by atoms with Crippen LogP contribution in [0.15, 0.2) is 36.4 Å². The molecule has 1 fully saturated rings. The van der Waals surface area contributed by atoms with Gasteiger partial charge in [0.05, 0.1) is 0 Å². The molecule has 0 bridgehead atoms. The zero-order valence-corrected chi connectivity index (χ0v) is 11.3. The maximum Gasteiger partial charge on any atom is 0.0406 e. The first-order valence-corrected chi connectivity index (χ1v) is 7.04. The molecule has 1 heteroatoms. The maximum absolute atomic E-state index is 5.94. The van der Waals surface area contributed by atoms with Crippen molar-refractivity contribution in [1.29, 1.82) is 0 Å². The van der Waals surface area contributed by atoms with E-state index in [-0.39, 0.29) is 0 Å². The summed E-state index contributed by atoms with van der Waals surface area (Å²) in [5.41, 5.74) is 1.47. The summed E-state index contributed by atoms with van der Waals surface area (Å²) >= 11 is 5.94. The van der Waals surface area contributed by atoms with Gasteiger partial charge in [-0.3, -0.25) is 0 Å². The van der Waals surface area contributed by atoms with Crippen LogP contribution in [0.3, 0.4) is 0 Å². The van der Waals surface area contributed by atoms with Gasteiger partial charge in [0, 0.05) is 5.02 Å². The topological polar surface area (TPSA) is 0 Å². The van der Waals surface area contributed by atoms with E-state index in [0.29, 0.717) is 0 Å². The van der Waals surface area contributed by atoms with Crippen molar-refractivity contribution in [2.75, 3.05) is 0 Å². The van der Waals surface area contributed by atoms with Gasteiger partial charge in [-0.2, -0.15) is 0 Å². The highest BCUT2D eigenvalue weighted by atomic mass is 35.5. The Kier molecular flexibility index (Phi) is 4.67. The second-order valence-electron chi connectivity index (χ2n) is 5.09. The van der Waals surface area contributed by atoms with Crippen molar-refractivity contribution >= 4 is 11.6 Å². The fraction of sp³-hybridized carbons (Fsp3) is 0.500. The van der Waals surface area contributed by atoms with Crippen LogP contribution in [-0.4, -0.2) is 0 Å². The zero-order valence-electron chi connectivity index (χ0n) is 10.5. The van der Waals surface area contributed by atoms with E-state index in [1.807, 2.05) is 12.1 Å². The van der Waals surface area contributed by atoms with Gasteiger partial charge in [-0.1, -0.05) is 48.7 Å².